The summed E-state index contributed by atoms with van der Waals surface area (Å²) >= 11 is 0. The lowest BCUT2D eigenvalue weighted by molar-refractivity contribution is 0.270. The molecule has 0 radical (unpaired) electrons. The van der Waals surface area contributed by atoms with Crippen molar-refractivity contribution in [1.29, 1.82) is 0 Å². The van der Waals surface area contributed by atoms with Crippen LogP contribution in [-0.4, -0.2) is 28.0 Å². The van der Waals surface area contributed by atoms with Crippen LogP contribution < -0.4 is 5.32 Å². The number of aromatic nitrogens is 2. The third-order valence-electron chi connectivity index (χ3n) is 3.26. The minimum absolute atomic E-state index is 0.138. The Hall–Kier alpha value is -1.03. The monoisotopic (exact) mass is 223 g/mol. The summed E-state index contributed by atoms with van der Waals surface area (Å²) in [6.45, 7) is 3.73. The van der Waals surface area contributed by atoms with Gasteiger partial charge in [-0.25, -0.2) is 4.68 Å². The average Bonchev–Trinajstić information content (AvgIpc) is 2.86. The SMILES string of the molecule is Cc1cc(NCC2CCCC2)n(CCO)n1. The fourth-order valence-corrected chi connectivity index (χ4v) is 2.42. The standard InChI is InChI=1S/C12H21N3O/c1-10-8-12(15(14-10)6-7-16)13-9-11-4-2-3-5-11/h8,11,13,16H,2-7,9H2,1H3. The Morgan fingerprint density at radius 1 is 1.50 bits per heavy atom. The average molecular weight is 223 g/mol. The quantitative estimate of drug-likeness (QED) is 0.800. The first-order chi connectivity index (χ1) is 7.79. The first kappa shape index (κ1) is 11.5. The molecule has 4 heteroatoms. The molecule has 2 rings (SSSR count). The number of anilines is 1. The summed E-state index contributed by atoms with van der Waals surface area (Å²) in [4.78, 5) is 0. The molecule has 1 aromatic rings. The summed E-state index contributed by atoms with van der Waals surface area (Å²) in [7, 11) is 0. The molecule has 0 amide bonds. The van der Waals surface area contributed by atoms with Crippen LogP contribution in [0, 0.1) is 12.8 Å². The lowest BCUT2D eigenvalue weighted by Gasteiger charge is -2.12. The molecule has 1 saturated carbocycles. The van der Waals surface area contributed by atoms with Gasteiger partial charge in [0, 0.05) is 12.6 Å². The van der Waals surface area contributed by atoms with Crippen LogP contribution in [0.25, 0.3) is 0 Å². The van der Waals surface area contributed by atoms with Gasteiger partial charge >= 0.3 is 0 Å². The van der Waals surface area contributed by atoms with Crippen LogP contribution in [0.15, 0.2) is 6.07 Å². The van der Waals surface area contributed by atoms with E-state index in [1.807, 2.05) is 17.7 Å². The normalized spacial score (nSPS) is 16.9. The van der Waals surface area contributed by atoms with E-state index in [-0.39, 0.29) is 6.61 Å². The second-order valence-electron chi connectivity index (χ2n) is 4.65. The third kappa shape index (κ3) is 2.76. The summed E-state index contributed by atoms with van der Waals surface area (Å²) in [5.74, 6) is 1.86. The molecule has 0 spiro atoms. The summed E-state index contributed by atoms with van der Waals surface area (Å²) in [6.07, 6.45) is 5.45. The van der Waals surface area contributed by atoms with Gasteiger partial charge < -0.3 is 10.4 Å². The van der Waals surface area contributed by atoms with Crippen molar-refractivity contribution in [2.75, 3.05) is 18.5 Å². The predicted molar refractivity (Wildman–Crippen MR) is 64.5 cm³/mol. The van der Waals surface area contributed by atoms with E-state index in [2.05, 4.69) is 10.4 Å². The molecule has 90 valence electrons. The van der Waals surface area contributed by atoms with E-state index in [0.717, 1.165) is 24.0 Å². The molecule has 0 unspecified atom stereocenters. The number of aryl methyl sites for hydroxylation is 1. The van der Waals surface area contributed by atoms with Crippen LogP contribution in [0.1, 0.15) is 31.4 Å². The zero-order valence-electron chi connectivity index (χ0n) is 9.95. The van der Waals surface area contributed by atoms with Crippen LogP contribution >= 0.6 is 0 Å². The van der Waals surface area contributed by atoms with Crippen molar-refractivity contribution in [1.82, 2.24) is 9.78 Å². The van der Waals surface area contributed by atoms with Gasteiger partial charge in [-0.2, -0.15) is 5.10 Å². The molecule has 2 N–H and O–H groups in total. The Kier molecular flexibility index (Phi) is 3.83. The van der Waals surface area contributed by atoms with Crippen LogP contribution in [0.3, 0.4) is 0 Å². The minimum Gasteiger partial charge on any atom is -0.394 e. The van der Waals surface area contributed by atoms with Gasteiger partial charge in [0.15, 0.2) is 0 Å². The molecule has 1 heterocycles. The van der Waals surface area contributed by atoms with Crippen LogP contribution in [0.2, 0.25) is 0 Å². The fourth-order valence-electron chi connectivity index (χ4n) is 2.42. The summed E-state index contributed by atoms with van der Waals surface area (Å²) in [5, 5.41) is 16.7. The Labute approximate surface area is 96.7 Å². The third-order valence-corrected chi connectivity index (χ3v) is 3.26. The minimum atomic E-state index is 0.138. The smallest absolute Gasteiger partial charge is 0.124 e. The molecule has 1 aliphatic rings. The van der Waals surface area contributed by atoms with E-state index in [4.69, 9.17) is 5.11 Å². The van der Waals surface area contributed by atoms with E-state index in [1.54, 1.807) is 0 Å². The number of aliphatic hydroxyl groups excluding tert-OH is 1. The fraction of sp³-hybridized carbons (Fsp3) is 0.750. The van der Waals surface area contributed by atoms with E-state index >= 15 is 0 Å². The highest BCUT2D eigenvalue weighted by molar-refractivity contribution is 5.36. The molecule has 1 aliphatic carbocycles. The molecule has 0 bridgehead atoms. The lowest BCUT2D eigenvalue weighted by atomic mass is 10.1. The van der Waals surface area contributed by atoms with Gasteiger partial charge in [-0.15, -0.1) is 0 Å². The Morgan fingerprint density at radius 2 is 2.25 bits per heavy atom. The van der Waals surface area contributed by atoms with Crippen molar-refractivity contribution in [3.63, 3.8) is 0 Å². The number of nitrogens with one attached hydrogen (secondary N) is 1. The molecule has 1 fully saturated rings. The van der Waals surface area contributed by atoms with Crippen molar-refractivity contribution >= 4 is 5.82 Å². The molecular weight excluding hydrogens is 202 g/mol. The van der Waals surface area contributed by atoms with Gasteiger partial charge in [-0.3, -0.25) is 0 Å². The van der Waals surface area contributed by atoms with Crippen molar-refractivity contribution < 1.29 is 5.11 Å². The first-order valence-electron chi connectivity index (χ1n) is 6.19. The summed E-state index contributed by atoms with van der Waals surface area (Å²) < 4.78 is 1.85. The molecule has 1 aromatic heterocycles. The summed E-state index contributed by atoms with van der Waals surface area (Å²) in [5.41, 5.74) is 1.00. The zero-order valence-corrected chi connectivity index (χ0v) is 9.95. The molecule has 16 heavy (non-hydrogen) atoms. The predicted octanol–water partition coefficient (Wildman–Crippen LogP) is 1.79. The molecule has 0 atom stereocenters. The highest BCUT2D eigenvalue weighted by atomic mass is 16.3. The Balaban J connectivity index is 1.91. The molecule has 0 aliphatic heterocycles. The van der Waals surface area contributed by atoms with Crippen molar-refractivity contribution in [2.24, 2.45) is 5.92 Å². The largest absolute Gasteiger partial charge is 0.394 e. The van der Waals surface area contributed by atoms with Gasteiger partial charge in [0.25, 0.3) is 0 Å². The molecular formula is C12H21N3O. The number of hydrogen-bond acceptors (Lipinski definition) is 3. The number of rotatable bonds is 5. The summed E-state index contributed by atoms with van der Waals surface area (Å²) in [6, 6.07) is 2.05. The molecule has 4 nitrogen and oxygen atoms in total. The topological polar surface area (TPSA) is 50.1 Å². The maximum atomic E-state index is 8.94. The first-order valence-corrected chi connectivity index (χ1v) is 6.19. The second kappa shape index (κ2) is 5.34. The van der Waals surface area contributed by atoms with Crippen molar-refractivity contribution in [3.05, 3.63) is 11.8 Å². The van der Waals surface area contributed by atoms with Gasteiger partial charge in [0.1, 0.15) is 5.82 Å². The Morgan fingerprint density at radius 3 is 2.94 bits per heavy atom. The van der Waals surface area contributed by atoms with E-state index < -0.39 is 0 Å². The second-order valence-corrected chi connectivity index (χ2v) is 4.65. The zero-order chi connectivity index (χ0) is 11.4. The van der Waals surface area contributed by atoms with E-state index in [0.29, 0.717) is 6.54 Å². The van der Waals surface area contributed by atoms with Gasteiger partial charge in [-0.05, 0) is 25.7 Å². The van der Waals surface area contributed by atoms with Crippen LogP contribution in [-0.2, 0) is 6.54 Å². The van der Waals surface area contributed by atoms with Crippen molar-refractivity contribution in [3.8, 4) is 0 Å². The van der Waals surface area contributed by atoms with Crippen molar-refractivity contribution in [2.45, 2.75) is 39.2 Å². The lowest BCUT2D eigenvalue weighted by Crippen LogP contribution is -2.15. The number of hydrogen-bond donors (Lipinski definition) is 2. The van der Waals surface area contributed by atoms with E-state index in [1.165, 1.54) is 25.7 Å². The highest BCUT2D eigenvalue weighted by Gasteiger charge is 2.15. The van der Waals surface area contributed by atoms with Gasteiger partial charge in [-0.1, -0.05) is 12.8 Å². The maximum absolute atomic E-state index is 8.94. The molecule has 0 saturated heterocycles. The van der Waals surface area contributed by atoms with Crippen LogP contribution in [0.4, 0.5) is 5.82 Å². The van der Waals surface area contributed by atoms with Gasteiger partial charge in [0.05, 0.1) is 18.8 Å². The number of nitrogens with zero attached hydrogens (tertiary/aromatic N) is 2. The highest BCUT2D eigenvalue weighted by Crippen LogP contribution is 2.25. The Bertz CT molecular complexity index is 329. The number of aliphatic hydroxyl groups is 1. The van der Waals surface area contributed by atoms with Gasteiger partial charge in [0.2, 0.25) is 0 Å². The van der Waals surface area contributed by atoms with E-state index in [9.17, 15) is 0 Å². The molecule has 0 aromatic carbocycles. The maximum Gasteiger partial charge on any atom is 0.124 e. The van der Waals surface area contributed by atoms with Crippen LogP contribution in [0.5, 0.6) is 0 Å².